The van der Waals surface area contributed by atoms with E-state index >= 15 is 0 Å². The number of nitriles is 1. The van der Waals surface area contributed by atoms with Crippen LogP contribution in [0.1, 0.15) is 53.9 Å². The third-order valence-electron chi connectivity index (χ3n) is 3.93. The predicted octanol–water partition coefficient (Wildman–Crippen LogP) is 3.02. The molecule has 1 rings (SSSR count). The molecule has 2 atom stereocenters. The Morgan fingerprint density at radius 1 is 1.26 bits per heavy atom. The second-order valence-corrected chi connectivity index (χ2v) is 6.86. The zero-order valence-electron chi connectivity index (χ0n) is 13.4. The molecule has 0 aromatic rings. The van der Waals surface area contributed by atoms with Crippen molar-refractivity contribution < 1.29 is 0 Å². The van der Waals surface area contributed by atoms with E-state index in [-0.39, 0.29) is 5.54 Å². The van der Waals surface area contributed by atoms with Crippen molar-refractivity contribution in [2.45, 2.75) is 65.5 Å². The van der Waals surface area contributed by atoms with E-state index in [1.165, 1.54) is 0 Å². The summed E-state index contributed by atoms with van der Waals surface area (Å²) >= 11 is 0. The highest BCUT2D eigenvalue weighted by Gasteiger charge is 2.41. The summed E-state index contributed by atoms with van der Waals surface area (Å²) in [7, 11) is 0. The molecule has 0 aromatic heterocycles. The summed E-state index contributed by atoms with van der Waals surface area (Å²) in [4.78, 5) is 2.62. The molecule has 0 aliphatic heterocycles. The lowest BCUT2D eigenvalue weighted by Gasteiger charge is -2.33. The van der Waals surface area contributed by atoms with Gasteiger partial charge in [0.25, 0.3) is 0 Å². The second kappa shape index (κ2) is 7.26. The molecule has 1 N–H and O–H groups in total. The maximum Gasteiger partial charge on any atom is 0.108 e. The van der Waals surface area contributed by atoms with Crippen LogP contribution in [0, 0.1) is 23.2 Å². The highest BCUT2D eigenvalue weighted by molar-refractivity contribution is 5.13. The largest absolute Gasteiger partial charge is 0.300 e. The SMILES string of the molecule is CCNC1(C#N)CCC(N(CC(C)C)CC(C)C)C1. The van der Waals surface area contributed by atoms with Crippen LogP contribution in [0.2, 0.25) is 0 Å². The summed E-state index contributed by atoms with van der Waals surface area (Å²) in [6, 6.07) is 3.10. The highest BCUT2D eigenvalue weighted by atomic mass is 15.2. The summed E-state index contributed by atoms with van der Waals surface area (Å²) in [5.74, 6) is 1.38. The predicted molar refractivity (Wildman–Crippen MR) is 80.9 cm³/mol. The molecule has 1 fully saturated rings. The molecule has 0 bridgehead atoms. The Bertz CT molecular complexity index is 296. The lowest BCUT2D eigenvalue weighted by Crippen LogP contribution is -2.45. The van der Waals surface area contributed by atoms with Gasteiger partial charge >= 0.3 is 0 Å². The van der Waals surface area contributed by atoms with Crippen LogP contribution in [0.5, 0.6) is 0 Å². The van der Waals surface area contributed by atoms with E-state index < -0.39 is 0 Å². The third-order valence-corrected chi connectivity index (χ3v) is 3.93. The lowest BCUT2D eigenvalue weighted by atomic mass is 9.99. The van der Waals surface area contributed by atoms with Crippen LogP contribution in [-0.2, 0) is 0 Å². The minimum atomic E-state index is -0.272. The molecule has 0 amide bonds. The first kappa shape index (κ1) is 16.5. The number of nitrogens with one attached hydrogen (secondary N) is 1. The van der Waals surface area contributed by atoms with E-state index in [1.807, 2.05) is 0 Å². The Labute approximate surface area is 119 Å². The van der Waals surface area contributed by atoms with Gasteiger partial charge in [-0.1, -0.05) is 34.6 Å². The Morgan fingerprint density at radius 3 is 2.26 bits per heavy atom. The smallest absolute Gasteiger partial charge is 0.108 e. The average Bonchev–Trinajstić information content (AvgIpc) is 2.72. The zero-order chi connectivity index (χ0) is 14.5. The Morgan fingerprint density at radius 2 is 1.84 bits per heavy atom. The van der Waals surface area contributed by atoms with Gasteiger partial charge < -0.3 is 0 Å². The van der Waals surface area contributed by atoms with E-state index in [1.54, 1.807) is 0 Å². The molecule has 2 unspecified atom stereocenters. The molecule has 1 aliphatic carbocycles. The maximum atomic E-state index is 9.48. The van der Waals surface area contributed by atoms with Crippen molar-refractivity contribution in [3.8, 4) is 6.07 Å². The van der Waals surface area contributed by atoms with E-state index in [0.29, 0.717) is 17.9 Å². The normalized spacial score (nSPS) is 27.4. The van der Waals surface area contributed by atoms with Crippen molar-refractivity contribution in [2.75, 3.05) is 19.6 Å². The van der Waals surface area contributed by atoms with Crippen LogP contribution in [0.4, 0.5) is 0 Å². The van der Waals surface area contributed by atoms with Gasteiger partial charge in [0.15, 0.2) is 0 Å². The Hall–Kier alpha value is -0.590. The van der Waals surface area contributed by atoms with Crippen LogP contribution in [0.15, 0.2) is 0 Å². The number of hydrogen-bond donors (Lipinski definition) is 1. The van der Waals surface area contributed by atoms with E-state index in [0.717, 1.165) is 38.9 Å². The molecular formula is C16H31N3. The quantitative estimate of drug-likeness (QED) is 0.769. The maximum absolute atomic E-state index is 9.48. The molecule has 1 saturated carbocycles. The van der Waals surface area contributed by atoms with Crippen LogP contribution in [0.25, 0.3) is 0 Å². The first-order valence-electron chi connectivity index (χ1n) is 7.82. The minimum Gasteiger partial charge on any atom is -0.300 e. The van der Waals surface area contributed by atoms with Crippen LogP contribution < -0.4 is 5.32 Å². The third kappa shape index (κ3) is 4.78. The lowest BCUT2D eigenvalue weighted by molar-refractivity contribution is 0.153. The molecule has 0 spiro atoms. The van der Waals surface area contributed by atoms with Crippen molar-refractivity contribution in [2.24, 2.45) is 11.8 Å². The molecular weight excluding hydrogens is 234 g/mol. The molecule has 110 valence electrons. The van der Waals surface area contributed by atoms with Crippen LogP contribution >= 0.6 is 0 Å². The first-order chi connectivity index (χ1) is 8.92. The van der Waals surface area contributed by atoms with Gasteiger partial charge in [-0.15, -0.1) is 0 Å². The molecule has 0 aromatic carbocycles. The van der Waals surface area contributed by atoms with E-state index in [4.69, 9.17) is 0 Å². The fourth-order valence-electron chi connectivity index (χ4n) is 3.28. The fraction of sp³-hybridized carbons (Fsp3) is 0.938. The molecule has 1 aliphatic rings. The van der Waals surface area contributed by atoms with Gasteiger partial charge in [-0.2, -0.15) is 5.26 Å². The summed E-state index contributed by atoms with van der Waals surface area (Å²) in [5, 5.41) is 12.9. The number of rotatable bonds is 7. The van der Waals surface area contributed by atoms with Gasteiger partial charge in [0.1, 0.15) is 5.54 Å². The molecule has 0 heterocycles. The summed E-state index contributed by atoms with van der Waals surface area (Å²) in [6.45, 7) is 14.4. The van der Waals surface area contributed by atoms with Crippen molar-refractivity contribution >= 4 is 0 Å². The molecule has 0 saturated heterocycles. The number of hydrogen-bond acceptors (Lipinski definition) is 3. The molecule has 3 nitrogen and oxygen atoms in total. The molecule has 3 heteroatoms. The van der Waals surface area contributed by atoms with E-state index in [9.17, 15) is 5.26 Å². The van der Waals surface area contributed by atoms with Crippen molar-refractivity contribution in [3.05, 3.63) is 0 Å². The van der Waals surface area contributed by atoms with Gasteiger partial charge in [-0.3, -0.25) is 10.2 Å². The van der Waals surface area contributed by atoms with Gasteiger partial charge in [0, 0.05) is 19.1 Å². The summed E-state index contributed by atoms with van der Waals surface area (Å²) in [6.07, 6.45) is 3.13. The topological polar surface area (TPSA) is 39.1 Å². The summed E-state index contributed by atoms with van der Waals surface area (Å²) < 4.78 is 0. The van der Waals surface area contributed by atoms with Crippen LogP contribution in [0.3, 0.4) is 0 Å². The summed E-state index contributed by atoms with van der Waals surface area (Å²) in [5.41, 5.74) is -0.272. The zero-order valence-corrected chi connectivity index (χ0v) is 13.4. The van der Waals surface area contributed by atoms with Crippen molar-refractivity contribution in [1.29, 1.82) is 5.26 Å². The van der Waals surface area contributed by atoms with Gasteiger partial charge in [0.05, 0.1) is 6.07 Å². The standard InChI is InChI=1S/C16H31N3/c1-6-18-16(12-17)8-7-15(9-16)19(10-13(2)3)11-14(4)5/h13-15,18H,6-11H2,1-5H3. The fourth-order valence-corrected chi connectivity index (χ4v) is 3.28. The van der Waals surface area contributed by atoms with Gasteiger partial charge in [-0.25, -0.2) is 0 Å². The highest BCUT2D eigenvalue weighted by Crippen LogP contribution is 2.33. The Balaban J connectivity index is 2.69. The minimum absolute atomic E-state index is 0.272. The van der Waals surface area contributed by atoms with Crippen molar-refractivity contribution in [1.82, 2.24) is 10.2 Å². The monoisotopic (exact) mass is 265 g/mol. The van der Waals surface area contributed by atoms with E-state index in [2.05, 4.69) is 50.9 Å². The number of nitrogens with zero attached hydrogens (tertiary/aromatic N) is 2. The average molecular weight is 265 g/mol. The van der Waals surface area contributed by atoms with Crippen molar-refractivity contribution in [3.63, 3.8) is 0 Å². The second-order valence-electron chi connectivity index (χ2n) is 6.86. The van der Waals surface area contributed by atoms with Crippen LogP contribution in [-0.4, -0.2) is 36.1 Å². The Kier molecular flexibility index (Phi) is 6.29. The van der Waals surface area contributed by atoms with Gasteiger partial charge in [0.2, 0.25) is 0 Å². The van der Waals surface area contributed by atoms with Gasteiger partial charge in [-0.05, 0) is 37.6 Å². The molecule has 19 heavy (non-hydrogen) atoms. The molecule has 0 radical (unpaired) electrons. The first-order valence-corrected chi connectivity index (χ1v) is 7.82.